The molecule has 0 saturated heterocycles. The lowest BCUT2D eigenvalue weighted by atomic mass is 10.2. The summed E-state index contributed by atoms with van der Waals surface area (Å²) in [6.45, 7) is 1.61. The summed E-state index contributed by atoms with van der Waals surface area (Å²) in [7, 11) is 1.51. The van der Waals surface area contributed by atoms with Crippen molar-refractivity contribution in [2.45, 2.75) is 13.5 Å². The van der Waals surface area contributed by atoms with Crippen molar-refractivity contribution >= 4 is 46.9 Å². The number of carbonyl (C=O) groups excluding carboxylic acids is 1. The molecule has 25 heavy (non-hydrogen) atoms. The fraction of sp³-hybridized carbons (Fsp3) is 0.176. The van der Waals surface area contributed by atoms with Crippen molar-refractivity contribution < 1.29 is 14.3 Å². The average molecular weight is 402 g/mol. The van der Waals surface area contributed by atoms with Gasteiger partial charge in [-0.25, -0.2) is 5.43 Å². The number of nitrogens with zero attached hydrogens (tertiary/aromatic N) is 1. The molecule has 0 aliphatic carbocycles. The van der Waals surface area contributed by atoms with E-state index in [9.17, 15) is 4.79 Å². The van der Waals surface area contributed by atoms with Crippen LogP contribution in [0.3, 0.4) is 0 Å². The van der Waals surface area contributed by atoms with E-state index in [-0.39, 0.29) is 12.5 Å². The third kappa shape index (κ3) is 5.53. The fourth-order valence-corrected chi connectivity index (χ4v) is 2.53. The number of amides is 1. The van der Waals surface area contributed by atoms with Gasteiger partial charge in [0.25, 0.3) is 0 Å². The molecular weight excluding hydrogens is 387 g/mol. The zero-order valence-electron chi connectivity index (χ0n) is 13.5. The van der Waals surface area contributed by atoms with Gasteiger partial charge in [-0.2, -0.15) is 5.10 Å². The van der Waals surface area contributed by atoms with Gasteiger partial charge in [0.15, 0.2) is 11.5 Å². The minimum absolute atomic E-state index is 0.242. The SMILES string of the molecule is COc1cc(/C=N\NC(C)=O)cc(Cl)c1OCc1ccc(Cl)c(Cl)c1. The molecule has 0 atom stereocenters. The topological polar surface area (TPSA) is 59.9 Å². The van der Waals surface area contributed by atoms with Crippen LogP contribution in [0.2, 0.25) is 15.1 Å². The van der Waals surface area contributed by atoms with E-state index in [1.165, 1.54) is 20.2 Å². The van der Waals surface area contributed by atoms with E-state index in [0.717, 1.165) is 5.56 Å². The van der Waals surface area contributed by atoms with Crippen LogP contribution in [0.4, 0.5) is 0 Å². The predicted octanol–water partition coefficient (Wildman–Crippen LogP) is 4.70. The zero-order valence-corrected chi connectivity index (χ0v) is 15.7. The van der Waals surface area contributed by atoms with Crippen molar-refractivity contribution in [3.05, 3.63) is 56.5 Å². The van der Waals surface area contributed by atoms with Crippen LogP contribution in [0, 0.1) is 0 Å². The Morgan fingerprint density at radius 3 is 2.56 bits per heavy atom. The smallest absolute Gasteiger partial charge is 0.236 e. The first kappa shape index (κ1) is 19.4. The highest BCUT2D eigenvalue weighted by molar-refractivity contribution is 6.42. The molecule has 0 heterocycles. The number of benzene rings is 2. The molecular formula is C17H15Cl3N2O3. The van der Waals surface area contributed by atoms with Crippen LogP contribution >= 0.6 is 34.8 Å². The number of ether oxygens (including phenoxy) is 2. The lowest BCUT2D eigenvalue weighted by Gasteiger charge is -2.13. The number of nitrogens with one attached hydrogen (secondary N) is 1. The van der Waals surface area contributed by atoms with E-state index in [1.807, 2.05) is 6.07 Å². The Morgan fingerprint density at radius 1 is 1.16 bits per heavy atom. The molecule has 0 aliphatic heterocycles. The van der Waals surface area contributed by atoms with E-state index < -0.39 is 0 Å². The molecule has 132 valence electrons. The molecule has 0 radical (unpaired) electrons. The second-order valence-electron chi connectivity index (χ2n) is 5.00. The Labute approximate surface area is 160 Å². The largest absolute Gasteiger partial charge is 0.493 e. The fourth-order valence-electron chi connectivity index (χ4n) is 1.94. The molecule has 0 unspecified atom stereocenters. The van der Waals surface area contributed by atoms with Gasteiger partial charge in [-0.1, -0.05) is 40.9 Å². The molecule has 0 aromatic heterocycles. The summed E-state index contributed by atoms with van der Waals surface area (Å²) in [5.41, 5.74) is 3.80. The Morgan fingerprint density at radius 2 is 1.92 bits per heavy atom. The monoisotopic (exact) mass is 400 g/mol. The van der Waals surface area contributed by atoms with Crippen LogP contribution in [0.25, 0.3) is 0 Å². The first-order valence-corrected chi connectivity index (χ1v) is 8.28. The van der Waals surface area contributed by atoms with Crippen molar-refractivity contribution in [2.75, 3.05) is 7.11 Å². The molecule has 2 aromatic rings. The van der Waals surface area contributed by atoms with Gasteiger partial charge in [-0.05, 0) is 35.4 Å². The summed E-state index contributed by atoms with van der Waals surface area (Å²) >= 11 is 18.2. The predicted molar refractivity (Wildman–Crippen MR) is 100 cm³/mol. The average Bonchev–Trinajstić information content (AvgIpc) is 2.56. The Kier molecular flexibility index (Phi) is 6.93. The van der Waals surface area contributed by atoms with Crippen LogP contribution in [0.1, 0.15) is 18.1 Å². The molecule has 0 bridgehead atoms. The van der Waals surface area contributed by atoms with Gasteiger partial charge in [0, 0.05) is 6.92 Å². The van der Waals surface area contributed by atoms with Gasteiger partial charge in [0.1, 0.15) is 6.61 Å². The number of hydrazone groups is 1. The van der Waals surface area contributed by atoms with E-state index in [0.29, 0.717) is 32.1 Å². The molecule has 5 nitrogen and oxygen atoms in total. The van der Waals surface area contributed by atoms with Gasteiger partial charge >= 0.3 is 0 Å². The maximum Gasteiger partial charge on any atom is 0.236 e. The van der Waals surface area contributed by atoms with Gasteiger partial charge in [-0.15, -0.1) is 0 Å². The van der Waals surface area contributed by atoms with Gasteiger partial charge < -0.3 is 9.47 Å². The number of hydrogen-bond donors (Lipinski definition) is 1. The summed E-state index contributed by atoms with van der Waals surface area (Å²) in [5, 5.41) is 5.07. The first-order chi connectivity index (χ1) is 11.9. The quantitative estimate of drug-likeness (QED) is 0.563. The number of hydrogen-bond acceptors (Lipinski definition) is 4. The Balaban J connectivity index is 2.18. The zero-order chi connectivity index (χ0) is 18.4. The minimum Gasteiger partial charge on any atom is -0.493 e. The number of halogens is 3. The molecule has 2 aromatic carbocycles. The molecule has 1 amide bonds. The summed E-state index contributed by atoms with van der Waals surface area (Å²) in [5.74, 6) is 0.569. The third-order valence-corrected chi connectivity index (χ3v) is 4.07. The number of rotatable bonds is 6. The van der Waals surface area contributed by atoms with Crippen molar-refractivity contribution in [2.24, 2.45) is 5.10 Å². The molecule has 8 heteroatoms. The second kappa shape index (κ2) is 8.94. The highest BCUT2D eigenvalue weighted by Crippen LogP contribution is 2.36. The van der Waals surface area contributed by atoms with Crippen LogP contribution in [0.5, 0.6) is 11.5 Å². The van der Waals surface area contributed by atoms with Crippen molar-refractivity contribution in [3.8, 4) is 11.5 Å². The van der Waals surface area contributed by atoms with Crippen LogP contribution in [0.15, 0.2) is 35.4 Å². The minimum atomic E-state index is -0.268. The molecule has 0 saturated carbocycles. The highest BCUT2D eigenvalue weighted by atomic mass is 35.5. The maximum atomic E-state index is 10.8. The summed E-state index contributed by atoms with van der Waals surface area (Å²) in [4.78, 5) is 10.8. The lowest BCUT2D eigenvalue weighted by Crippen LogP contribution is -2.12. The molecule has 0 aliphatic rings. The van der Waals surface area contributed by atoms with Crippen molar-refractivity contribution in [1.82, 2.24) is 5.43 Å². The second-order valence-corrected chi connectivity index (χ2v) is 6.22. The van der Waals surface area contributed by atoms with Crippen molar-refractivity contribution in [3.63, 3.8) is 0 Å². The highest BCUT2D eigenvalue weighted by Gasteiger charge is 2.12. The van der Waals surface area contributed by atoms with Gasteiger partial charge in [0.2, 0.25) is 5.91 Å². The lowest BCUT2D eigenvalue weighted by molar-refractivity contribution is -0.118. The first-order valence-electron chi connectivity index (χ1n) is 7.14. The molecule has 2 rings (SSSR count). The Hall–Kier alpha value is -1.95. The van der Waals surface area contributed by atoms with Gasteiger partial charge in [-0.3, -0.25) is 4.79 Å². The van der Waals surface area contributed by atoms with E-state index in [1.54, 1.807) is 24.3 Å². The Bertz CT molecular complexity index is 810. The molecule has 0 spiro atoms. The summed E-state index contributed by atoms with van der Waals surface area (Å²) < 4.78 is 11.1. The molecule has 1 N–H and O–H groups in total. The maximum absolute atomic E-state index is 10.8. The standard InChI is InChI=1S/C17H15Cl3N2O3/c1-10(23)22-21-8-12-6-15(20)17(16(7-12)24-2)25-9-11-3-4-13(18)14(19)5-11/h3-8H,9H2,1-2H3,(H,22,23)/b21-8-. The normalized spacial score (nSPS) is 10.8. The van der Waals surface area contributed by atoms with E-state index in [4.69, 9.17) is 44.3 Å². The van der Waals surface area contributed by atoms with Crippen LogP contribution < -0.4 is 14.9 Å². The van der Waals surface area contributed by atoms with Crippen LogP contribution in [-0.4, -0.2) is 19.2 Å². The van der Waals surface area contributed by atoms with Crippen LogP contribution in [-0.2, 0) is 11.4 Å². The van der Waals surface area contributed by atoms with Crippen molar-refractivity contribution in [1.29, 1.82) is 0 Å². The van der Waals surface area contributed by atoms with E-state index in [2.05, 4.69) is 10.5 Å². The molecule has 0 fully saturated rings. The third-order valence-electron chi connectivity index (χ3n) is 3.05. The van der Waals surface area contributed by atoms with Gasteiger partial charge in [0.05, 0.1) is 28.4 Å². The number of methoxy groups -OCH3 is 1. The van der Waals surface area contributed by atoms with E-state index >= 15 is 0 Å². The summed E-state index contributed by atoms with van der Waals surface area (Å²) in [6, 6.07) is 8.58. The summed E-state index contributed by atoms with van der Waals surface area (Å²) in [6.07, 6.45) is 1.46. The number of carbonyl (C=O) groups is 1.